The van der Waals surface area contributed by atoms with Crippen LogP contribution in [0.15, 0.2) is 29.2 Å². The number of rotatable bonds is 5. The Morgan fingerprint density at radius 3 is 2.48 bits per heavy atom. The molecule has 0 atom stereocenters. The Labute approximate surface area is 123 Å². The molecule has 0 radical (unpaired) electrons. The topological polar surface area (TPSA) is 111 Å². The van der Waals surface area contributed by atoms with Gasteiger partial charge in [-0.05, 0) is 50.2 Å². The number of carbonyl (C=O) groups excluding carboxylic acids is 1. The van der Waals surface area contributed by atoms with Crippen molar-refractivity contribution < 1.29 is 17.9 Å². The van der Waals surface area contributed by atoms with Crippen LogP contribution in [0.2, 0.25) is 0 Å². The van der Waals surface area contributed by atoms with Gasteiger partial charge in [-0.2, -0.15) is 0 Å². The fourth-order valence-electron chi connectivity index (χ4n) is 2.08. The summed E-state index contributed by atoms with van der Waals surface area (Å²) in [7, 11) is -3.72. The average molecular weight is 313 g/mol. The van der Waals surface area contributed by atoms with Crippen LogP contribution in [0, 0.1) is 0 Å². The van der Waals surface area contributed by atoms with Crippen LogP contribution in [-0.2, 0) is 19.6 Å². The van der Waals surface area contributed by atoms with E-state index in [1.54, 1.807) is 0 Å². The third-order valence-corrected chi connectivity index (χ3v) is 4.13. The van der Waals surface area contributed by atoms with Gasteiger partial charge in [0.15, 0.2) is 0 Å². The second-order valence-corrected chi connectivity index (χ2v) is 6.44. The molecule has 0 bridgehead atoms. The van der Waals surface area contributed by atoms with Gasteiger partial charge in [0.1, 0.15) is 6.61 Å². The van der Waals surface area contributed by atoms with Crippen LogP contribution in [-0.4, -0.2) is 40.1 Å². The first-order valence-electron chi connectivity index (χ1n) is 6.70. The van der Waals surface area contributed by atoms with Crippen molar-refractivity contribution in [2.45, 2.75) is 23.8 Å². The molecule has 0 saturated carbocycles. The lowest BCUT2D eigenvalue weighted by molar-refractivity contribution is -0.123. The predicted molar refractivity (Wildman–Crippen MR) is 78.3 cm³/mol. The van der Waals surface area contributed by atoms with E-state index in [1.165, 1.54) is 24.3 Å². The minimum absolute atomic E-state index is 0.00598. The van der Waals surface area contributed by atoms with Gasteiger partial charge in [-0.25, -0.2) is 13.6 Å². The number of nitrogens with one attached hydrogen (secondary N) is 2. The van der Waals surface area contributed by atoms with Crippen molar-refractivity contribution >= 4 is 21.6 Å². The van der Waals surface area contributed by atoms with Crippen LogP contribution in [0.5, 0.6) is 0 Å². The standard InChI is InChI=1S/C13H19N3O4S/c14-21(18,19)12-3-1-10(2-4-12)16-13(17)9-20-11-5-7-15-8-6-11/h1-4,11,15H,5-9H2,(H,16,17)(H2,14,18,19). The monoisotopic (exact) mass is 313 g/mol. The molecule has 1 aliphatic heterocycles. The molecule has 1 fully saturated rings. The largest absolute Gasteiger partial charge is 0.368 e. The summed E-state index contributed by atoms with van der Waals surface area (Å²) in [4.78, 5) is 11.7. The summed E-state index contributed by atoms with van der Waals surface area (Å²) in [5, 5.41) is 10.9. The van der Waals surface area contributed by atoms with E-state index in [1.807, 2.05) is 0 Å². The Bertz CT molecular complexity index is 580. The molecule has 21 heavy (non-hydrogen) atoms. The number of nitrogens with two attached hydrogens (primary N) is 1. The Morgan fingerprint density at radius 2 is 1.90 bits per heavy atom. The van der Waals surface area contributed by atoms with Gasteiger partial charge in [0.2, 0.25) is 15.9 Å². The Morgan fingerprint density at radius 1 is 1.29 bits per heavy atom. The normalized spacial score (nSPS) is 16.6. The number of hydrogen-bond acceptors (Lipinski definition) is 5. The van der Waals surface area contributed by atoms with Gasteiger partial charge in [0.25, 0.3) is 0 Å². The van der Waals surface area contributed by atoms with Crippen LogP contribution in [0.25, 0.3) is 0 Å². The number of primary sulfonamides is 1. The van der Waals surface area contributed by atoms with Crippen LogP contribution in [0.1, 0.15) is 12.8 Å². The van der Waals surface area contributed by atoms with Gasteiger partial charge in [-0.1, -0.05) is 0 Å². The molecule has 1 heterocycles. The zero-order valence-electron chi connectivity index (χ0n) is 11.5. The highest BCUT2D eigenvalue weighted by atomic mass is 32.2. The first kappa shape index (κ1) is 15.9. The van der Waals surface area contributed by atoms with E-state index in [0.29, 0.717) is 5.69 Å². The fourth-order valence-corrected chi connectivity index (χ4v) is 2.60. The highest BCUT2D eigenvalue weighted by Gasteiger charge is 2.15. The maximum Gasteiger partial charge on any atom is 0.250 e. The minimum atomic E-state index is -3.72. The van der Waals surface area contributed by atoms with Gasteiger partial charge in [-0.15, -0.1) is 0 Å². The third-order valence-electron chi connectivity index (χ3n) is 3.20. The maximum absolute atomic E-state index is 11.7. The fraction of sp³-hybridized carbons (Fsp3) is 0.462. The summed E-state index contributed by atoms with van der Waals surface area (Å²) < 4.78 is 27.7. The van der Waals surface area contributed by atoms with Crippen LogP contribution in [0.4, 0.5) is 5.69 Å². The van der Waals surface area contributed by atoms with Crippen molar-refractivity contribution in [3.05, 3.63) is 24.3 Å². The van der Waals surface area contributed by atoms with Gasteiger partial charge in [0, 0.05) is 5.69 Å². The van der Waals surface area contributed by atoms with Crippen molar-refractivity contribution in [1.29, 1.82) is 0 Å². The van der Waals surface area contributed by atoms with Crippen molar-refractivity contribution in [3.8, 4) is 0 Å². The average Bonchev–Trinajstić information content (AvgIpc) is 2.46. The number of piperidine rings is 1. The van der Waals surface area contributed by atoms with Gasteiger partial charge in [-0.3, -0.25) is 4.79 Å². The van der Waals surface area contributed by atoms with E-state index in [9.17, 15) is 13.2 Å². The first-order valence-corrected chi connectivity index (χ1v) is 8.25. The molecule has 4 N–H and O–H groups in total. The summed E-state index contributed by atoms with van der Waals surface area (Å²) in [5.41, 5.74) is 0.501. The lowest BCUT2D eigenvalue weighted by atomic mass is 10.1. The molecule has 2 rings (SSSR count). The zero-order chi connectivity index (χ0) is 15.3. The van der Waals surface area contributed by atoms with Crippen LogP contribution < -0.4 is 15.8 Å². The second kappa shape index (κ2) is 6.99. The van der Waals surface area contributed by atoms with Crippen LogP contribution >= 0.6 is 0 Å². The molecule has 0 aliphatic carbocycles. The Hall–Kier alpha value is -1.48. The quantitative estimate of drug-likeness (QED) is 0.711. The molecule has 7 nitrogen and oxygen atoms in total. The molecule has 8 heteroatoms. The smallest absolute Gasteiger partial charge is 0.250 e. The van der Waals surface area contributed by atoms with Crippen LogP contribution in [0.3, 0.4) is 0 Å². The molecule has 1 aliphatic rings. The Balaban J connectivity index is 1.82. The predicted octanol–water partition coefficient (Wildman–Crippen LogP) is 0.0411. The van der Waals surface area contributed by atoms with E-state index >= 15 is 0 Å². The number of anilines is 1. The molecule has 116 valence electrons. The van der Waals surface area contributed by atoms with Crippen molar-refractivity contribution in [2.24, 2.45) is 5.14 Å². The summed E-state index contributed by atoms with van der Waals surface area (Å²) in [6.45, 7) is 1.80. The molecule has 0 aromatic heterocycles. The number of hydrogen-bond donors (Lipinski definition) is 3. The lowest BCUT2D eigenvalue weighted by Gasteiger charge is -2.22. The summed E-state index contributed by atoms with van der Waals surface area (Å²) in [6, 6.07) is 5.67. The van der Waals surface area contributed by atoms with E-state index in [2.05, 4.69) is 10.6 Å². The molecule has 1 aromatic rings. The third kappa shape index (κ3) is 5.09. The zero-order valence-corrected chi connectivity index (χ0v) is 12.4. The van der Waals surface area contributed by atoms with Crippen molar-refractivity contribution in [3.63, 3.8) is 0 Å². The highest BCUT2D eigenvalue weighted by Crippen LogP contribution is 2.13. The van der Waals surface area contributed by atoms with Crippen molar-refractivity contribution in [2.75, 3.05) is 25.0 Å². The van der Waals surface area contributed by atoms with Gasteiger partial charge >= 0.3 is 0 Å². The molecule has 1 aromatic carbocycles. The van der Waals surface area contributed by atoms with E-state index in [0.717, 1.165) is 25.9 Å². The molecular weight excluding hydrogens is 294 g/mol. The second-order valence-electron chi connectivity index (χ2n) is 4.88. The minimum Gasteiger partial charge on any atom is -0.368 e. The van der Waals surface area contributed by atoms with Gasteiger partial charge < -0.3 is 15.4 Å². The van der Waals surface area contributed by atoms with E-state index < -0.39 is 10.0 Å². The summed E-state index contributed by atoms with van der Waals surface area (Å²) >= 11 is 0. The summed E-state index contributed by atoms with van der Waals surface area (Å²) in [6.07, 6.45) is 1.91. The van der Waals surface area contributed by atoms with E-state index in [4.69, 9.17) is 9.88 Å². The molecule has 0 unspecified atom stereocenters. The molecule has 0 spiro atoms. The van der Waals surface area contributed by atoms with E-state index in [-0.39, 0.29) is 23.5 Å². The Kier molecular flexibility index (Phi) is 5.29. The molecular formula is C13H19N3O4S. The SMILES string of the molecule is NS(=O)(=O)c1ccc(NC(=O)COC2CCNCC2)cc1. The van der Waals surface area contributed by atoms with Gasteiger partial charge in [0.05, 0.1) is 11.0 Å². The number of ether oxygens (including phenoxy) is 1. The number of benzene rings is 1. The number of amides is 1. The number of sulfonamides is 1. The molecule has 1 amide bonds. The summed E-state index contributed by atoms with van der Waals surface area (Å²) in [5.74, 6) is -0.267. The van der Waals surface area contributed by atoms with Crippen molar-refractivity contribution in [1.82, 2.24) is 5.32 Å². The maximum atomic E-state index is 11.7. The lowest BCUT2D eigenvalue weighted by Crippen LogP contribution is -2.34. The molecule has 1 saturated heterocycles. The number of carbonyl (C=O) groups is 1. The first-order chi connectivity index (χ1) is 9.95. The highest BCUT2D eigenvalue weighted by molar-refractivity contribution is 7.89.